The van der Waals surface area contributed by atoms with Gasteiger partial charge in [0.25, 0.3) is 5.91 Å². The van der Waals surface area contributed by atoms with E-state index in [1.165, 1.54) is 0 Å². The lowest BCUT2D eigenvalue weighted by molar-refractivity contribution is -0.166. The summed E-state index contributed by atoms with van der Waals surface area (Å²) in [5.41, 5.74) is 2.90. The lowest BCUT2D eigenvalue weighted by Crippen LogP contribution is -2.58. The van der Waals surface area contributed by atoms with Crippen LogP contribution in [0.2, 0.25) is 0 Å². The minimum atomic E-state index is -2.19. The van der Waals surface area contributed by atoms with E-state index < -0.39 is 30.3 Å². The SMILES string of the molecule is CCCCCCCC[C@](O)(C(N)=O)[C@@H](O)[C@@H](O)CO. The zero-order chi connectivity index (χ0) is 14.9. The van der Waals surface area contributed by atoms with E-state index in [0.717, 1.165) is 32.1 Å². The summed E-state index contributed by atoms with van der Waals surface area (Å²) < 4.78 is 0. The Balaban J connectivity index is 4.28. The predicted octanol–water partition coefficient (Wildman–Crippen LogP) is -0.332. The number of hydrogen-bond donors (Lipinski definition) is 5. The Labute approximate surface area is 114 Å². The Morgan fingerprint density at radius 3 is 2.16 bits per heavy atom. The fraction of sp³-hybridized carbons (Fsp3) is 0.923. The van der Waals surface area contributed by atoms with Gasteiger partial charge in [-0.05, 0) is 12.8 Å². The van der Waals surface area contributed by atoms with Crippen molar-refractivity contribution in [3.05, 3.63) is 0 Å². The van der Waals surface area contributed by atoms with Crippen molar-refractivity contribution in [2.45, 2.75) is 69.7 Å². The van der Waals surface area contributed by atoms with Crippen LogP contribution >= 0.6 is 0 Å². The summed E-state index contributed by atoms with van der Waals surface area (Å²) in [5.74, 6) is -1.08. The Bertz CT molecular complexity index is 261. The van der Waals surface area contributed by atoms with E-state index >= 15 is 0 Å². The second kappa shape index (κ2) is 9.25. The Kier molecular flexibility index (Phi) is 8.92. The molecule has 3 atom stereocenters. The highest BCUT2D eigenvalue weighted by Gasteiger charge is 2.44. The smallest absolute Gasteiger partial charge is 0.252 e. The van der Waals surface area contributed by atoms with Crippen LogP contribution in [-0.2, 0) is 4.79 Å². The predicted molar refractivity (Wildman–Crippen MR) is 71.2 cm³/mol. The highest BCUT2D eigenvalue weighted by molar-refractivity contribution is 5.84. The third-order valence-corrected chi connectivity index (χ3v) is 3.38. The molecular weight excluding hydrogens is 250 g/mol. The Hall–Kier alpha value is -0.690. The fourth-order valence-electron chi connectivity index (χ4n) is 2.01. The molecule has 0 fully saturated rings. The van der Waals surface area contributed by atoms with E-state index in [2.05, 4.69) is 6.92 Å². The highest BCUT2D eigenvalue weighted by atomic mass is 16.4. The number of rotatable bonds is 11. The molecule has 0 saturated carbocycles. The molecule has 0 aromatic rings. The van der Waals surface area contributed by atoms with Crippen LogP contribution in [0.25, 0.3) is 0 Å². The van der Waals surface area contributed by atoms with Crippen molar-refractivity contribution in [2.75, 3.05) is 6.61 Å². The first-order chi connectivity index (χ1) is 8.90. The molecule has 0 spiro atoms. The van der Waals surface area contributed by atoms with Crippen LogP contribution in [0.3, 0.4) is 0 Å². The third kappa shape index (κ3) is 5.86. The van der Waals surface area contributed by atoms with Crippen molar-refractivity contribution in [3.8, 4) is 0 Å². The molecule has 114 valence electrons. The van der Waals surface area contributed by atoms with Gasteiger partial charge in [0.15, 0.2) is 5.60 Å². The molecule has 0 aromatic carbocycles. The van der Waals surface area contributed by atoms with Crippen LogP contribution in [0.15, 0.2) is 0 Å². The zero-order valence-corrected chi connectivity index (χ0v) is 11.6. The van der Waals surface area contributed by atoms with E-state index in [4.69, 9.17) is 10.8 Å². The first kappa shape index (κ1) is 18.3. The van der Waals surface area contributed by atoms with Gasteiger partial charge >= 0.3 is 0 Å². The molecule has 0 heterocycles. The van der Waals surface area contributed by atoms with E-state index in [1.807, 2.05) is 0 Å². The van der Waals surface area contributed by atoms with Gasteiger partial charge in [-0.1, -0.05) is 39.0 Å². The largest absolute Gasteiger partial charge is 0.394 e. The van der Waals surface area contributed by atoms with Gasteiger partial charge in [-0.15, -0.1) is 0 Å². The second-order valence-corrected chi connectivity index (χ2v) is 5.00. The molecule has 0 aliphatic heterocycles. The number of carbonyl (C=O) groups is 1. The van der Waals surface area contributed by atoms with Crippen LogP contribution in [0.1, 0.15) is 51.9 Å². The first-order valence-corrected chi connectivity index (χ1v) is 6.89. The van der Waals surface area contributed by atoms with Gasteiger partial charge in [-0.2, -0.15) is 0 Å². The quantitative estimate of drug-likeness (QED) is 0.331. The molecule has 0 saturated heterocycles. The lowest BCUT2D eigenvalue weighted by atomic mass is 9.86. The van der Waals surface area contributed by atoms with E-state index in [0.29, 0.717) is 6.42 Å². The minimum Gasteiger partial charge on any atom is -0.394 e. The standard InChI is InChI=1S/C13H27NO5/c1-2-3-4-5-6-7-8-13(19,12(14)18)11(17)10(16)9-15/h10-11,15-17,19H,2-9H2,1H3,(H2,14,18)/t10-,11-,13+/m0/s1. The van der Waals surface area contributed by atoms with Crippen molar-refractivity contribution in [3.63, 3.8) is 0 Å². The van der Waals surface area contributed by atoms with Gasteiger partial charge in [0.05, 0.1) is 6.61 Å². The topological polar surface area (TPSA) is 124 Å². The molecule has 0 unspecified atom stereocenters. The summed E-state index contributed by atoms with van der Waals surface area (Å²) in [6.45, 7) is 1.37. The summed E-state index contributed by atoms with van der Waals surface area (Å²) in [7, 11) is 0. The average Bonchev–Trinajstić information content (AvgIpc) is 2.40. The number of amides is 1. The van der Waals surface area contributed by atoms with Crippen LogP contribution in [0.5, 0.6) is 0 Å². The van der Waals surface area contributed by atoms with Crippen molar-refractivity contribution >= 4 is 5.91 Å². The van der Waals surface area contributed by atoms with Gasteiger partial charge in [0, 0.05) is 0 Å². The second-order valence-electron chi connectivity index (χ2n) is 5.00. The summed E-state index contributed by atoms with van der Waals surface area (Å²) in [6, 6.07) is 0. The number of primary amides is 1. The number of nitrogens with two attached hydrogens (primary N) is 1. The monoisotopic (exact) mass is 277 g/mol. The summed E-state index contributed by atoms with van der Waals surface area (Å²) >= 11 is 0. The van der Waals surface area contributed by atoms with Gasteiger partial charge < -0.3 is 26.2 Å². The van der Waals surface area contributed by atoms with Gasteiger partial charge in [-0.3, -0.25) is 4.79 Å². The third-order valence-electron chi connectivity index (χ3n) is 3.38. The molecule has 0 rings (SSSR count). The number of aliphatic hydroxyl groups is 4. The number of carbonyl (C=O) groups excluding carboxylic acids is 1. The molecule has 0 aliphatic rings. The summed E-state index contributed by atoms with van der Waals surface area (Å²) in [6.07, 6.45) is 2.32. The molecule has 0 aromatic heterocycles. The number of hydrogen-bond acceptors (Lipinski definition) is 5. The molecule has 0 bridgehead atoms. The van der Waals surface area contributed by atoms with Crippen molar-refractivity contribution in [1.29, 1.82) is 0 Å². The molecule has 19 heavy (non-hydrogen) atoms. The Morgan fingerprint density at radius 1 is 1.16 bits per heavy atom. The van der Waals surface area contributed by atoms with E-state index in [9.17, 15) is 20.1 Å². The fourth-order valence-corrected chi connectivity index (χ4v) is 2.01. The molecule has 1 amide bonds. The Morgan fingerprint density at radius 2 is 1.68 bits per heavy atom. The maximum atomic E-state index is 11.3. The van der Waals surface area contributed by atoms with Gasteiger partial charge in [0.1, 0.15) is 12.2 Å². The first-order valence-electron chi connectivity index (χ1n) is 6.89. The van der Waals surface area contributed by atoms with Crippen LogP contribution in [0, 0.1) is 0 Å². The normalized spacial score (nSPS) is 17.7. The van der Waals surface area contributed by atoms with E-state index in [-0.39, 0.29) is 6.42 Å². The summed E-state index contributed by atoms with van der Waals surface area (Å²) in [4.78, 5) is 11.3. The van der Waals surface area contributed by atoms with Crippen LogP contribution in [-0.4, -0.2) is 50.7 Å². The highest BCUT2D eigenvalue weighted by Crippen LogP contribution is 2.22. The molecular formula is C13H27NO5. The van der Waals surface area contributed by atoms with Crippen molar-refractivity contribution in [1.82, 2.24) is 0 Å². The summed E-state index contributed by atoms with van der Waals surface area (Å²) in [5, 5.41) is 37.8. The molecule has 6 N–H and O–H groups in total. The van der Waals surface area contributed by atoms with Gasteiger partial charge in [-0.25, -0.2) is 0 Å². The number of aliphatic hydroxyl groups excluding tert-OH is 3. The van der Waals surface area contributed by atoms with Crippen LogP contribution < -0.4 is 5.73 Å². The maximum Gasteiger partial charge on any atom is 0.252 e. The molecule has 6 nitrogen and oxygen atoms in total. The lowest BCUT2D eigenvalue weighted by Gasteiger charge is -2.32. The van der Waals surface area contributed by atoms with Crippen LogP contribution in [0.4, 0.5) is 0 Å². The zero-order valence-electron chi connectivity index (χ0n) is 11.6. The van der Waals surface area contributed by atoms with Crippen molar-refractivity contribution < 1.29 is 25.2 Å². The molecule has 0 radical (unpaired) electrons. The maximum absolute atomic E-state index is 11.3. The van der Waals surface area contributed by atoms with Gasteiger partial charge in [0.2, 0.25) is 0 Å². The van der Waals surface area contributed by atoms with E-state index in [1.54, 1.807) is 0 Å². The molecule has 6 heteroatoms. The average molecular weight is 277 g/mol. The van der Waals surface area contributed by atoms with Crippen molar-refractivity contribution in [2.24, 2.45) is 5.73 Å². The minimum absolute atomic E-state index is 0.0211. The molecule has 0 aliphatic carbocycles. The number of unbranched alkanes of at least 4 members (excludes halogenated alkanes) is 5.